The molecule has 3 rings (SSSR count). The Morgan fingerprint density at radius 3 is 3.00 bits per heavy atom. The Kier molecular flexibility index (Phi) is 3.57. The van der Waals surface area contributed by atoms with Crippen molar-refractivity contribution in [1.29, 1.82) is 0 Å². The van der Waals surface area contributed by atoms with Crippen LogP contribution in [0, 0.1) is 6.92 Å². The largest absolute Gasteiger partial charge is 0.481 e. The lowest BCUT2D eigenvalue weighted by molar-refractivity contribution is 0.397. The third kappa shape index (κ3) is 2.87. The summed E-state index contributed by atoms with van der Waals surface area (Å²) in [5, 5.41) is 4.29. The standard InChI is InChI=1S/C14H15N5OS/c1-8-5-10-12(18-14(15)19-13(10)21-8)17-7-9-3-4-16-11(6-9)20-2/h3-6H,7H2,1-2H3,(H3,15,17,18,19). The van der Waals surface area contributed by atoms with Gasteiger partial charge in [-0.15, -0.1) is 11.3 Å². The third-order valence-corrected chi connectivity index (χ3v) is 3.95. The Morgan fingerprint density at radius 1 is 1.33 bits per heavy atom. The molecule has 3 aromatic rings. The second kappa shape index (κ2) is 5.53. The van der Waals surface area contributed by atoms with Gasteiger partial charge in [-0.25, -0.2) is 9.97 Å². The van der Waals surface area contributed by atoms with E-state index in [0.29, 0.717) is 12.4 Å². The fourth-order valence-corrected chi connectivity index (χ4v) is 2.94. The average Bonchev–Trinajstić information content (AvgIpc) is 2.85. The summed E-state index contributed by atoms with van der Waals surface area (Å²) in [5.41, 5.74) is 6.82. The van der Waals surface area contributed by atoms with Gasteiger partial charge in [0, 0.05) is 23.7 Å². The number of ether oxygens (including phenoxy) is 1. The van der Waals surface area contributed by atoms with Crippen molar-refractivity contribution in [2.45, 2.75) is 13.5 Å². The Labute approximate surface area is 126 Å². The minimum absolute atomic E-state index is 0.277. The van der Waals surface area contributed by atoms with Crippen molar-refractivity contribution in [1.82, 2.24) is 15.0 Å². The first kappa shape index (κ1) is 13.6. The van der Waals surface area contributed by atoms with Crippen molar-refractivity contribution < 1.29 is 4.74 Å². The molecule has 6 nitrogen and oxygen atoms in total. The van der Waals surface area contributed by atoms with E-state index in [9.17, 15) is 0 Å². The van der Waals surface area contributed by atoms with E-state index in [1.165, 1.54) is 4.88 Å². The second-order valence-corrected chi connectivity index (χ2v) is 5.80. The van der Waals surface area contributed by atoms with E-state index in [2.05, 4.69) is 26.3 Å². The van der Waals surface area contributed by atoms with E-state index in [1.807, 2.05) is 19.1 Å². The molecule has 0 fully saturated rings. The molecule has 3 N–H and O–H groups in total. The van der Waals surface area contributed by atoms with E-state index < -0.39 is 0 Å². The Hall–Kier alpha value is -2.41. The molecule has 0 spiro atoms. The van der Waals surface area contributed by atoms with Crippen LogP contribution in [0.1, 0.15) is 10.4 Å². The molecule has 3 aromatic heterocycles. The van der Waals surface area contributed by atoms with Gasteiger partial charge in [-0.2, -0.15) is 4.98 Å². The Morgan fingerprint density at radius 2 is 2.19 bits per heavy atom. The normalized spacial score (nSPS) is 10.8. The zero-order valence-electron chi connectivity index (χ0n) is 11.8. The van der Waals surface area contributed by atoms with Gasteiger partial charge in [0.25, 0.3) is 0 Å². The van der Waals surface area contributed by atoms with E-state index in [1.54, 1.807) is 24.6 Å². The van der Waals surface area contributed by atoms with Gasteiger partial charge in [0.2, 0.25) is 11.8 Å². The highest BCUT2D eigenvalue weighted by Crippen LogP contribution is 2.29. The molecular formula is C14H15N5OS. The average molecular weight is 301 g/mol. The van der Waals surface area contributed by atoms with Crippen molar-refractivity contribution in [3.63, 3.8) is 0 Å². The minimum Gasteiger partial charge on any atom is -0.481 e. The highest BCUT2D eigenvalue weighted by molar-refractivity contribution is 7.18. The van der Waals surface area contributed by atoms with Crippen LogP contribution in [-0.4, -0.2) is 22.1 Å². The predicted octanol–water partition coefficient (Wildman–Crippen LogP) is 2.60. The van der Waals surface area contributed by atoms with Crippen LogP contribution in [0.2, 0.25) is 0 Å². The van der Waals surface area contributed by atoms with Gasteiger partial charge in [-0.05, 0) is 24.6 Å². The first-order valence-electron chi connectivity index (χ1n) is 6.42. The molecule has 21 heavy (non-hydrogen) atoms. The number of nitrogens with one attached hydrogen (secondary N) is 1. The van der Waals surface area contributed by atoms with Crippen LogP contribution in [-0.2, 0) is 6.54 Å². The van der Waals surface area contributed by atoms with E-state index in [-0.39, 0.29) is 5.95 Å². The van der Waals surface area contributed by atoms with Crippen LogP contribution in [0.25, 0.3) is 10.2 Å². The Balaban J connectivity index is 1.87. The van der Waals surface area contributed by atoms with E-state index >= 15 is 0 Å². The molecule has 0 saturated heterocycles. The highest BCUT2D eigenvalue weighted by atomic mass is 32.1. The molecule has 3 heterocycles. The number of aryl methyl sites for hydroxylation is 1. The molecule has 0 aromatic carbocycles. The van der Waals surface area contributed by atoms with E-state index in [0.717, 1.165) is 21.6 Å². The van der Waals surface area contributed by atoms with Crippen LogP contribution in [0.3, 0.4) is 0 Å². The fraction of sp³-hybridized carbons (Fsp3) is 0.214. The summed E-state index contributed by atoms with van der Waals surface area (Å²) in [6.07, 6.45) is 1.72. The topological polar surface area (TPSA) is 86.0 Å². The number of aromatic nitrogens is 3. The maximum Gasteiger partial charge on any atom is 0.223 e. The van der Waals surface area contributed by atoms with Gasteiger partial charge < -0.3 is 15.8 Å². The third-order valence-electron chi connectivity index (χ3n) is 3.00. The molecule has 0 aliphatic rings. The maximum atomic E-state index is 5.76. The summed E-state index contributed by atoms with van der Waals surface area (Å²) in [6, 6.07) is 5.87. The first-order valence-corrected chi connectivity index (χ1v) is 7.24. The quantitative estimate of drug-likeness (QED) is 0.770. The van der Waals surface area contributed by atoms with Crippen LogP contribution < -0.4 is 15.8 Å². The molecule has 0 radical (unpaired) electrons. The predicted molar refractivity (Wildman–Crippen MR) is 84.7 cm³/mol. The van der Waals surface area contributed by atoms with Crippen LogP contribution in [0.5, 0.6) is 5.88 Å². The van der Waals surface area contributed by atoms with Crippen molar-refractivity contribution >= 4 is 33.3 Å². The number of pyridine rings is 1. The lowest BCUT2D eigenvalue weighted by Crippen LogP contribution is -2.05. The molecule has 0 atom stereocenters. The molecule has 0 amide bonds. The number of nitrogen functional groups attached to an aromatic ring is 1. The number of nitrogens with two attached hydrogens (primary N) is 1. The maximum absolute atomic E-state index is 5.76. The number of hydrogen-bond acceptors (Lipinski definition) is 7. The van der Waals surface area contributed by atoms with Gasteiger partial charge in [0.1, 0.15) is 10.6 Å². The molecule has 0 unspecified atom stereocenters. The summed E-state index contributed by atoms with van der Waals surface area (Å²) >= 11 is 1.61. The van der Waals surface area contributed by atoms with Crippen LogP contribution >= 0.6 is 11.3 Å². The zero-order chi connectivity index (χ0) is 14.8. The SMILES string of the molecule is COc1cc(CNc2nc(N)nc3sc(C)cc23)ccn1. The Bertz CT molecular complexity index is 786. The van der Waals surface area contributed by atoms with Gasteiger partial charge >= 0.3 is 0 Å². The molecule has 0 bridgehead atoms. The molecule has 7 heteroatoms. The molecule has 0 saturated carbocycles. The number of nitrogens with zero attached hydrogens (tertiary/aromatic N) is 3. The first-order chi connectivity index (χ1) is 10.2. The summed E-state index contributed by atoms with van der Waals surface area (Å²) in [5.74, 6) is 1.62. The number of hydrogen-bond donors (Lipinski definition) is 2. The van der Waals surface area contributed by atoms with Gasteiger partial charge in [0.15, 0.2) is 0 Å². The number of anilines is 2. The summed E-state index contributed by atoms with van der Waals surface area (Å²) in [4.78, 5) is 14.7. The smallest absolute Gasteiger partial charge is 0.223 e. The van der Waals surface area contributed by atoms with Gasteiger partial charge in [-0.1, -0.05) is 0 Å². The van der Waals surface area contributed by atoms with Crippen molar-refractivity contribution in [3.8, 4) is 5.88 Å². The summed E-state index contributed by atoms with van der Waals surface area (Å²) in [7, 11) is 1.60. The number of methoxy groups -OCH3 is 1. The lowest BCUT2D eigenvalue weighted by atomic mass is 10.2. The minimum atomic E-state index is 0.277. The number of thiophene rings is 1. The molecule has 0 aliphatic carbocycles. The molecular weight excluding hydrogens is 286 g/mol. The number of fused-ring (bicyclic) bond motifs is 1. The lowest BCUT2D eigenvalue weighted by Gasteiger charge is -2.08. The fourth-order valence-electron chi connectivity index (χ4n) is 2.05. The second-order valence-electron chi connectivity index (χ2n) is 4.57. The highest BCUT2D eigenvalue weighted by Gasteiger charge is 2.09. The summed E-state index contributed by atoms with van der Waals surface area (Å²) < 4.78 is 5.12. The monoisotopic (exact) mass is 301 g/mol. The molecule has 108 valence electrons. The number of rotatable bonds is 4. The van der Waals surface area contributed by atoms with Crippen molar-refractivity contribution in [2.75, 3.05) is 18.2 Å². The summed E-state index contributed by atoms with van der Waals surface area (Å²) in [6.45, 7) is 2.65. The van der Waals surface area contributed by atoms with Crippen molar-refractivity contribution in [3.05, 3.63) is 34.8 Å². The van der Waals surface area contributed by atoms with Gasteiger partial charge in [-0.3, -0.25) is 0 Å². The van der Waals surface area contributed by atoms with Crippen LogP contribution in [0.15, 0.2) is 24.4 Å². The van der Waals surface area contributed by atoms with Crippen molar-refractivity contribution in [2.24, 2.45) is 0 Å². The van der Waals surface area contributed by atoms with Gasteiger partial charge in [0.05, 0.1) is 12.5 Å². The molecule has 0 aliphatic heterocycles. The van der Waals surface area contributed by atoms with E-state index in [4.69, 9.17) is 10.5 Å². The zero-order valence-corrected chi connectivity index (χ0v) is 12.6. The van der Waals surface area contributed by atoms with Crippen LogP contribution in [0.4, 0.5) is 11.8 Å².